The van der Waals surface area contributed by atoms with Gasteiger partial charge in [-0.15, -0.1) is 0 Å². The first-order chi connectivity index (χ1) is 14.3. The molecule has 2 amide bonds. The minimum atomic E-state index is -0.525. The highest BCUT2D eigenvalue weighted by Crippen LogP contribution is 2.35. The van der Waals surface area contributed by atoms with Crippen molar-refractivity contribution in [1.82, 2.24) is 9.80 Å². The third-order valence-corrected chi connectivity index (χ3v) is 5.75. The van der Waals surface area contributed by atoms with Crippen LogP contribution < -0.4 is 5.73 Å². The molecule has 0 aromatic heterocycles. The van der Waals surface area contributed by atoms with Crippen molar-refractivity contribution >= 4 is 18.5 Å². The molecular weight excluding hydrogens is 422 g/mol. The van der Waals surface area contributed by atoms with Gasteiger partial charge in [0, 0.05) is 23.7 Å². The predicted octanol–water partition coefficient (Wildman–Crippen LogP) is 5.12. The van der Waals surface area contributed by atoms with Gasteiger partial charge in [-0.05, 0) is 94.9 Å². The van der Waals surface area contributed by atoms with Gasteiger partial charge in [0.05, 0.1) is 6.04 Å². The molecule has 2 unspecified atom stereocenters. The number of carbonyl (C=O) groups excluding carboxylic acids is 3. The van der Waals surface area contributed by atoms with Gasteiger partial charge in [-0.3, -0.25) is 9.80 Å². The molecule has 33 heavy (non-hydrogen) atoms. The highest BCUT2D eigenvalue weighted by atomic mass is 16.6. The Morgan fingerprint density at radius 2 is 1.27 bits per heavy atom. The minimum Gasteiger partial charge on any atom is -0.444 e. The molecule has 0 saturated carbocycles. The molecule has 0 radical (unpaired) electrons. The van der Waals surface area contributed by atoms with Crippen molar-refractivity contribution in [2.45, 2.75) is 137 Å². The van der Waals surface area contributed by atoms with Crippen LogP contribution in [0, 0.1) is 0 Å². The maximum absolute atomic E-state index is 12.1. The number of nitrogens with zero attached hydrogens (tertiary/aromatic N) is 2. The molecule has 194 valence electrons. The molecule has 2 fully saturated rings. The number of likely N-dealkylation sites (tertiary alicyclic amines) is 2. The number of aldehydes is 1. The van der Waals surface area contributed by atoms with E-state index >= 15 is 0 Å². The quantitative estimate of drug-likeness (QED) is 0.561. The zero-order valence-electron chi connectivity index (χ0n) is 21.8. The first-order valence-corrected chi connectivity index (χ1v) is 11.5. The number of hydrogen-bond acceptors (Lipinski definition) is 6. The average Bonchev–Trinajstić information content (AvgIpc) is 3.06. The predicted molar refractivity (Wildman–Crippen MR) is 132 cm³/mol. The van der Waals surface area contributed by atoms with E-state index in [9.17, 15) is 14.4 Å². The Balaban J connectivity index is 0.000000602. The lowest BCUT2D eigenvalue weighted by atomic mass is 10.0. The molecule has 0 bridgehead atoms. The van der Waals surface area contributed by atoms with E-state index in [1.165, 1.54) is 0 Å². The topological polar surface area (TPSA) is 102 Å². The van der Waals surface area contributed by atoms with Crippen LogP contribution in [0.15, 0.2) is 0 Å². The lowest BCUT2D eigenvalue weighted by Crippen LogP contribution is -2.51. The minimum absolute atomic E-state index is 0. The molecule has 2 heterocycles. The Hall–Kier alpha value is -1.83. The monoisotopic (exact) mass is 471 g/mol. The Kier molecular flexibility index (Phi) is 10.5. The van der Waals surface area contributed by atoms with E-state index < -0.39 is 17.3 Å². The molecule has 0 spiro atoms. The molecule has 0 aromatic rings. The Morgan fingerprint density at radius 3 is 1.67 bits per heavy atom. The molecule has 2 aliphatic rings. The SMILES string of the molecule is C.CC(C)(C)OC(=O)N1C(C=O)CCC1(C)C.CC(C)(C)OC(=O)N1C(CN)CCC1(C)C. The summed E-state index contributed by atoms with van der Waals surface area (Å²) in [5, 5.41) is 0. The van der Waals surface area contributed by atoms with Crippen LogP contribution in [0.5, 0.6) is 0 Å². The second-order valence-electron chi connectivity index (χ2n) is 12.0. The Labute approximate surface area is 201 Å². The summed E-state index contributed by atoms with van der Waals surface area (Å²) >= 11 is 0. The van der Waals surface area contributed by atoms with E-state index in [1.54, 1.807) is 9.80 Å². The van der Waals surface area contributed by atoms with Gasteiger partial charge in [-0.25, -0.2) is 9.59 Å². The molecule has 2 rings (SSSR count). The van der Waals surface area contributed by atoms with E-state index in [2.05, 4.69) is 13.8 Å². The molecule has 2 N–H and O–H groups in total. The van der Waals surface area contributed by atoms with E-state index in [0.717, 1.165) is 32.0 Å². The number of rotatable bonds is 2. The summed E-state index contributed by atoms with van der Waals surface area (Å²) in [7, 11) is 0. The summed E-state index contributed by atoms with van der Waals surface area (Å²) in [5.41, 5.74) is 4.28. The second kappa shape index (κ2) is 11.1. The molecule has 8 nitrogen and oxygen atoms in total. The van der Waals surface area contributed by atoms with Crippen LogP contribution in [0.4, 0.5) is 9.59 Å². The largest absolute Gasteiger partial charge is 0.444 e. The Bertz CT molecular complexity index is 677. The van der Waals surface area contributed by atoms with Gasteiger partial charge >= 0.3 is 12.2 Å². The zero-order valence-corrected chi connectivity index (χ0v) is 21.8. The maximum atomic E-state index is 12.1. The van der Waals surface area contributed by atoms with Crippen molar-refractivity contribution in [3.63, 3.8) is 0 Å². The lowest BCUT2D eigenvalue weighted by molar-refractivity contribution is -0.112. The fourth-order valence-electron chi connectivity index (χ4n) is 4.22. The number of hydrogen-bond donors (Lipinski definition) is 1. The van der Waals surface area contributed by atoms with Crippen LogP contribution >= 0.6 is 0 Å². The molecule has 8 heteroatoms. The van der Waals surface area contributed by atoms with Crippen molar-refractivity contribution < 1.29 is 23.9 Å². The molecule has 2 atom stereocenters. The second-order valence-corrected chi connectivity index (χ2v) is 12.0. The first-order valence-electron chi connectivity index (χ1n) is 11.5. The van der Waals surface area contributed by atoms with Crippen LogP contribution in [0.3, 0.4) is 0 Å². The summed E-state index contributed by atoms with van der Waals surface area (Å²) in [6.07, 6.45) is 3.68. The Morgan fingerprint density at radius 1 is 0.879 bits per heavy atom. The normalized spacial score (nSPS) is 23.7. The van der Waals surface area contributed by atoms with Crippen molar-refractivity contribution in [1.29, 1.82) is 0 Å². The first kappa shape index (κ1) is 31.2. The van der Waals surface area contributed by atoms with Crippen LogP contribution in [-0.4, -0.2) is 69.2 Å². The molecule has 2 saturated heterocycles. The van der Waals surface area contributed by atoms with Gasteiger partial charge in [0.15, 0.2) is 0 Å². The van der Waals surface area contributed by atoms with Crippen LogP contribution in [0.25, 0.3) is 0 Å². The van der Waals surface area contributed by atoms with Gasteiger partial charge in [0.2, 0.25) is 0 Å². The van der Waals surface area contributed by atoms with Crippen molar-refractivity contribution in [3.8, 4) is 0 Å². The van der Waals surface area contributed by atoms with Crippen molar-refractivity contribution in [2.75, 3.05) is 6.54 Å². The zero-order chi connectivity index (χ0) is 25.1. The third-order valence-electron chi connectivity index (χ3n) is 5.75. The van der Waals surface area contributed by atoms with E-state index in [0.29, 0.717) is 6.54 Å². The molecule has 2 aliphatic heterocycles. The van der Waals surface area contributed by atoms with Gasteiger partial charge in [-0.1, -0.05) is 7.43 Å². The number of nitrogens with two attached hydrogens (primary N) is 1. The summed E-state index contributed by atoms with van der Waals surface area (Å²) in [5.74, 6) is 0. The van der Waals surface area contributed by atoms with Crippen LogP contribution in [0.2, 0.25) is 0 Å². The summed E-state index contributed by atoms with van der Waals surface area (Å²) in [6, 6.07) is -0.227. The summed E-state index contributed by atoms with van der Waals surface area (Å²) in [6.45, 7) is 19.7. The lowest BCUT2D eigenvalue weighted by Gasteiger charge is -2.36. The van der Waals surface area contributed by atoms with E-state index in [4.69, 9.17) is 15.2 Å². The average molecular weight is 472 g/mol. The highest BCUT2D eigenvalue weighted by Gasteiger charge is 2.45. The summed E-state index contributed by atoms with van der Waals surface area (Å²) < 4.78 is 10.7. The number of carbonyl (C=O) groups is 3. The maximum Gasteiger partial charge on any atom is 0.411 e. The highest BCUT2D eigenvalue weighted by molar-refractivity contribution is 5.75. The molecule has 0 aliphatic carbocycles. The van der Waals surface area contributed by atoms with Crippen LogP contribution in [-0.2, 0) is 14.3 Å². The standard InChI is InChI=1S/C12H24N2O2.C12H21NO3.CH4/c1-11(2,3)16-10(15)14-9(8-13)6-7-12(14,4)5;1-11(2,3)16-10(15)13-9(8-14)6-7-12(13,4)5;/h9H,6-8,13H2,1-5H3;8-9H,6-7H2,1-5H3;1H4. The van der Waals surface area contributed by atoms with Crippen molar-refractivity contribution in [3.05, 3.63) is 0 Å². The van der Waals surface area contributed by atoms with Gasteiger partial charge < -0.3 is 20.0 Å². The van der Waals surface area contributed by atoms with Gasteiger partial charge in [0.1, 0.15) is 17.5 Å². The molecule has 0 aromatic carbocycles. The van der Waals surface area contributed by atoms with Gasteiger partial charge in [-0.2, -0.15) is 0 Å². The number of amides is 2. The smallest absolute Gasteiger partial charge is 0.411 e. The van der Waals surface area contributed by atoms with E-state index in [-0.39, 0.29) is 36.7 Å². The number of ether oxygens (including phenoxy) is 2. The van der Waals surface area contributed by atoms with Gasteiger partial charge in [0.25, 0.3) is 0 Å². The van der Waals surface area contributed by atoms with E-state index in [1.807, 2.05) is 55.4 Å². The van der Waals surface area contributed by atoms with Crippen molar-refractivity contribution in [2.24, 2.45) is 5.73 Å². The fourth-order valence-corrected chi connectivity index (χ4v) is 4.22. The summed E-state index contributed by atoms with van der Waals surface area (Å²) in [4.78, 5) is 38.4. The fraction of sp³-hybridized carbons (Fsp3) is 0.880. The van der Waals surface area contributed by atoms with Crippen LogP contribution in [0.1, 0.15) is 102 Å². The third kappa shape index (κ3) is 8.80. The molecular formula is C25H49N3O5.